The Kier molecular flexibility index (Phi) is 4.01. The van der Waals surface area contributed by atoms with E-state index in [-0.39, 0.29) is 0 Å². The fourth-order valence-electron chi connectivity index (χ4n) is 2.85. The number of aromatic amines is 1. The van der Waals surface area contributed by atoms with Crippen LogP contribution in [0.4, 0.5) is 0 Å². The van der Waals surface area contributed by atoms with Gasteiger partial charge in [-0.3, -0.25) is 0 Å². The number of rotatable bonds is 3. The van der Waals surface area contributed by atoms with E-state index in [9.17, 15) is 0 Å². The summed E-state index contributed by atoms with van der Waals surface area (Å²) in [6.07, 6.45) is 2.57. The van der Waals surface area contributed by atoms with E-state index < -0.39 is 0 Å². The second kappa shape index (κ2) is 6.31. The lowest BCUT2D eigenvalue weighted by molar-refractivity contribution is 1.03. The van der Waals surface area contributed by atoms with Crippen LogP contribution < -0.4 is 0 Å². The van der Waals surface area contributed by atoms with E-state index in [2.05, 4.69) is 52.4 Å². The quantitative estimate of drug-likeness (QED) is 0.472. The van der Waals surface area contributed by atoms with Gasteiger partial charge in [-0.15, -0.1) is 0 Å². The van der Waals surface area contributed by atoms with Gasteiger partial charge in [-0.1, -0.05) is 65.7 Å². The molecule has 0 unspecified atom stereocenters. The summed E-state index contributed by atoms with van der Waals surface area (Å²) in [6.45, 7) is 0. The third-order valence-electron chi connectivity index (χ3n) is 3.99. The summed E-state index contributed by atoms with van der Waals surface area (Å²) >= 11 is 12.1. The lowest BCUT2D eigenvalue weighted by atomic mass is 10.1. The van der Waals surface area contributed by atoms with Gasteiger partial charge in [-0.25, -0.2) is 4.98 Å². The predicted octanol–water partition coefficient (Wildman–Crippen LogP) is 6.13. The van der Waals surface area contributed by atoms with E-state index in [1.165, 1.54) is 16.3 Å². The van der Waals surface area contributed by atoms with Crippen molar-refractivity contribution in [3.63, 3.8) is 0 Å². The summed E-state index contributed by atoms with van der Waals surface area (Å²) in [5, 5.41) is 3.71. The Morgan fingerprint density at radius 2 is 1.58 bits per heavy atom. The van der Waals surface area contributed by atoms with Crippen molar-refractivity contribution < 1.29 is 0 Å². The first-order chi connectivity index (χ1) is 11.7. The number of nitrogens with zero attached hydrogens (tertiary/aromatic N) is 1. The van der Waals surface area contributed by atoms with Gasteiger partial charge in [0, 0.05) is 22.0 Å². The normalized spacial score (nSPS) is 11.1. The number of fused-ring (bicyclic) bond motifs is 1. The first-order valence-electron chi connectivity index (χ1n) is 7.65. The molecule has 0 amide bonds. The monoisotopic (exact) mass is 352 g/mol. The number of benzene rings is 3. The van der Waals surface area contributed by atoms with Crippen LogP contribution in [0.3, 0.4) is 0 Å². The number of hydrogen-bond acceptors (Lipinski definition) is 1. The zero-order valence-corrected chi connectivity index (χ0v) is 14.3. The second-order valence-electron chi connectivity index (χ2n) is 5.76. The second-order valence-corrected chi connectivity index (χ2v) is 6.63. The Morgan fingerprint density at radius 1 is 0.833 bits per heavy atom. The van der Waals surface area contributed by atoms with Gasteiger partial charge in [0.15, 0.2) is 0 Å². The highest BCUT2D eigenvalue weighted by Crippen LogP contribution is 2.26. The number of aromatic nitrogens is 2. The highest BCUT2D eigenvalue weighted by Gasteiger charge is 2.07. The van der Waals surface area contributed by atoms with E-state index in [1.54, 1.807) is 6.07 Å². The number of hydrogen-bond donors (Lipinski definition) is 1. The summed E-state index contributed by atoms with van der Waals surface area (Å²) < 4.78 is 0. The minimum atomic E-state index is 0.614. The maximum absolute atomic E-state index is 6.07. The van der Waals surface area contributed by atoms with Crippen LogP contribution in [0.1, 0.15) is 11.4 Å². The third-order valence-corrected chi connectivity index (χ3v) is 4.42. The van der Waals surface area contributed by atoms with Crippen LogP contribution in [0.2, 0.25) is 10.0 Å². The van der Waals surface area contributed by atoms with Crippen molar-refractivity contribution in [3.8, 4) is 11.3 Å². The van der Waals surface area contributed by atoms with Crippen LogP contribution in [0.15, 0.2) is 66.9 Å². The molecule has 0 aliphatic rings. The van der Waals surface area contributed by atoms with Crippen molar-refractivity contribution in [2.75, 3.05) is 0 Å². The largest absolute Gasteiger partial charge is 0.342 e. The maximum atomic E-state index is 6.07. The zero-order valence-electron chi connectivity index (χ0n) is 12.8. The van der Waals surface area contributed by atoms with Crippen LogP contribution in [0.25, 0.3) is 22.0 Å². The number of nitrogens with one attached hydrogen (secondary N) is 1. The number of halogens is 2. The minimum absolute atomic E-state index is 0.614. The Bertz CT molecular complexity index is 1000. The topological polar surface area (TPSA) is 28.7 Å². The Balaban J connectivity index is 1.62. The molecule has 4 aromatic rings. The highest BCUT2D eigenvalue weighted by atomic mass is 35.5. The molecule has 0 saturated heterocycles. The summed E-state index contributed by atoms with van der Waals surface area (Å²) in [6, 6.07) is 20.3. The van der Waals surface area contributed by atoms with E-state index >= 15 is 0 Å². The molecule has 0 spiro atoms. The molecule has 0 aliphatic carbocycles. The van der Waals surface area contributed by atoms with Gasteiger partial charge in [-0.05, 0) is 34.5 Å². The first-order valence-corrected chi connectivity index (χ1v) is 8.41. The SMILES string of the molecule is Clc1cc(Cl)cc(-c2cnc(Cc3ccc4ccccc4c3)[nH]2)c1. The van der Waals surface area contributed by atoms with Gasteiger partial charge < -0.3 is 4.98 Å². The molecular formula is C20H14Cl2N2. The van der Waals surface area contributed by atoms with E-state index in [4.69, 9.17) is 23.2 Å². The molecule has 1 aromatic heterocycles. The molecule has 24 heavy (non-hydrogen) atoms. The number of H-pyrrole nitrogens is 1. The molecule has 0 atom stereocenters. The molecule has 0 saturated carbocycles. The fourth-order valence-corrected chi connectivity index (χ4v) is 3.38. The molecule has 4 rings (SSSR count). The summed E-state index contributed by atoms with van der Waals surface area (Å²) in [5.74, 6) is 0.913. The van der Waals surface area contributed by atoms with Crippen LogP contribution in [-0.4, -0.2) is 9.97 Å². The van der Waals surface area contributed by atoms with E-state index in [1.807, 2.05) is 18.3 Å². The molecular weight excluding hydrogens is 339 g/mol. The van der Waals surface area contributed by atoms with Gasteiger partial charge in [0.25, 0.3) is 0 Å². The van der Waals surface area contributed by atoms with E-state index in [0.29, 0.717) is 10.0 Å². The summed E-state index contributed by atoms with van der Waals surface area (Å²) in [5.41, 5.74) is 3.07. The molecule has 4 heteroatoms. The molecule has 0 fully saturated rings. The van der Waals surface area contributed by atoms with Crippen molar-refractivity contribution in [1.29, 1.82) is 0 Å². The zero-order chi connectivity index (χ0) is 16.5. The van der Waals surface area contributed by atoms with E-state index in [0.717, 1.165) is 23.5 Å². The molecule has 2 nitrogen and oxygen atoms in total. The Labute approximate surface area is 150 Å². The first kappa shape index (κ1) is 15.3. The van der Waals surface area contributed by atoms with Gasteiger partial charge in [0.05, 0.1) is 11.9 Å². The van der Waals surface area contributed by atoms with Crippen molar-refractivity contribution in [3.05, 3.63) is 88.3 Å². The van der Waals surface area contributed by atoms with Crippen LogP contribution in [0, 0.1) is 0 Å². The Hall–Kier alpha value is -2.29. The molecule has 3 aromatic carbocycles. The van der Waals surface area contributed by atoms with Crippen molar-refractivity contribution in [2.24, 2.45) is 0 Å². The van der Waals surface area contributed by atoms with Gasteiger partial charge in [0.2, 0.25) is 0 Å². The van der Waals surface area contributed by atoms with Gasteiger partial charge in [0.1, 0.15) is 5.82 Å². The molecule has 0 radical (unpaired) electrons. The highest BCUT2D eigenvalue weighted by molar-refractivity contribution is 6.35. The molecule has 0 aliphatic heterocycles. The van der Waals surface area contributed by atoms with Crippen molar-refractivity contribution in [2.45, 2.75) is 6.42 Å². The lowest BCUT2D eigenvalue weighted by Crippen LogP contribution is -1.91. The maximum Gasteiger partial charge on any atom is 0.110 e. The molecule has 118 valence electrons. The fraction of sp³-hybridized carbons (Fsp3) is 0.0500. The van der Waals surface area contributed by atoms with Gasteiger partial charge in [-0.2, -0.15) is 0 Å². The lowest BCUT2D eigenvalue weighted by Gasteiger charge is -2.03. The summed E-state index contributed by atoms with van der Waals surface area (Å²) in [7, 11) is 0. The van der Waals surface area contributed by atoms with Gasteiger partial charge >= 0.3 is 0 Å². The molecule has 0 bridgehead atoms. The average Bonchev–Trinajstić information content (AvgIpc) is 3.02. The third kappa shape index (κ3) is 3.16. The van der Waals surface area contributed by atoms with Crippen LogP contribution >= 0.6 is 23.2 Å². The van der Waals surface area contributed by atoms with Crippen LogP contribution in [-0.2, 0) is 6.42 Å². The van der Waals surface area contributed by atoms with Crippen molar-refractivity contribution >= 4 is 34.0 Å². The van der Waals surface area contributed by atoms with Crippen LogP contribution in [0.5, 0.6) is 0 Å². The Morgan fingerprint density at radius 3 is 2.38 bits per heavy atom. The number of imidazole rings is 1. The minimum Gasteiger partial charge on any atom is -0.342 e. The van der Waals surface area contributed by atoms with Crippen molar-refractivity contribution in [1.82, 2.24) is 9.97 Å². The molecule has 1 heterocycles. The summed E-state index contributed by atoms with van der Waals surface area (Å²) in [4.78, 5) is 7.84. The predicted molar refractivity (Wildman–Crippen MR) is 101 cm³/mol. The average molecular weight is 353 g/mol. The standard InChI is InChI=1S/C20H14Cl2N2/c21-17-9-16(10-18(22)11-17)19-12-23-20(24-19)8-13-5-6-14-3-1-2-4-15(14)7-13/h1-7,9-12H,8H2,(H,23,24). The smallest absolute Gasteiger partial charge is 0.110 e. The molecule has 1 N–H and O–H groups in total.